The standard InChI is InChI=1S/C20H19FN2.H3NO2S/c1-20(2)18(14-7-4-3-5-8-14)19(20)15-12-22-23(13-15)17-10-6-9-16(21)11-17;1-4(2)3/h3-13,18-19H,1-2H3;4H,(H2,1,2,3)/t18-,19-;/m1./s1. The molecule has 142 valence electrons. The molecule has 0 radical (unpaired) electrons. The van der Waals surface area contributed by atoms with E-state index in [2.05, 4.69) is 54.4 Å². The van der Waals surface area contributed by atoms with Crippen LogP contribution in [0, 0.1) is 11.2 Å². The predicted molar refractivity (Wildman–Crippen MR) is 104 cm³/mol. The van der Waals surface area contributed by atoms with Gasteiger partial charge in [0.15, 0.2) is 10.9 Å². The Kier molecular flexibility index (Phi) is 5.43. The summed E-state index contributed by atoms with van der Waals surface area (Å²) in [6.07, 6.45) is 3.95. The molecule has 4 rings (SSSR count). The summed E-state index contributed by atoms with van der Waals surface area (Å²) in [6, 6.07) is 17.2. The summed E-state index contributed by atoms with van der Waals surface area (Å²) in [7, 11) is -2.62. The number of rotatable bonds is 3. The molecule has 2 N–H and O–H groups in total. The number of hydrogen-bond acceptors (Lipinski definition) is 3. The second kappa shape index (κ2) is 7.62. The Morgan fingerprint density at radius 3 is 2.30 bits per heavy atom. The zero-order valence-corrected chi connectivity index (χ0v) is 16.0. The van der Waals surface area contributed by atoms with Crippen LogP contribution in [0.25, 0.3) is 5.69 Å². The van der Waals surface area contributed by atoms with Gasteiger partial charge in [-0.2, -0.15) is 5.10 Å². The molecule has 1 saturated carbocycles. The van der Waals surface area contributed by atoms with Crippen LogP contribution in [0.2, 0.25) is 0 Å². The quantitative estimate of drug-likeness (QED) is 0.676. The molecule has 1 aliphatic carbocycles. The van der Waals surface area contributed by atoms with Crippen molar-refractivity contribution in [2.75, 3.05) is 0 Å². The molecule has 0 spiro atoms. The second-order valence-electron chi connectivity index (χ2n) is 7.17. The van der Waals surface area contributed by atoms with Crippen molar-refractivity contribution in [1.29, 1.82) is 0 Å². The van der Waals surface area contributed by atoms with Gasteiger partial charge in [0.05, 0.1) is 11.9 Å². The number of hydrogen-bond donors (Lipinski definition) is 2. The third kappa shape index (κ3) is 4.26. The third-order valence-corrected chi connectivity index (χ3v) is 5.02. The molecule has 1 aromatic heterocycles. The van der Waals surface area contributed by atoms with Gasteiger partial charge in [-0.15, -0.1) is 0 Å². The van der Waals surface area contributed by atoms with Crippen molar-refractivity contribution >= 4 is 10.9 Å². The van der Waals surface area contributed by atoms with E-state index in [1.165, 1.54) is 23.3 Å². The number of benzene rings is 2. The summed E-state index contributed by atoms with van der Waals surface area (Å²) >= 11 is 0. The highest BCUT2D eigenvalue weighted by atomic mass is 32.2. The Bertz CT molecular complexity index is 991. The summed E-state index contributed by atoms with van der Waals surface area (Å²) in [4.78, 5) is 0. The molecule has 3 aromatic rings. The van der Waals surface area contributed by atoms with Crippen LogP contribution in [-0.4, -0.2) is 18.2 Å². The largest absolute Gasteiger partial charge is 0.241 e. The van der Waals surface area contributed by atoms with Crippen LogP contribution in [0.1, 0.15) is 36.8 Å². The fraction of sp³-hybridized carbons (Fsp3) is 0.250. The lowest BCUT2D eigenvalue weighted by Gasteiger charge is -2.01. The van der Waals surface area contributed by atoms with E-state index in [0.717, 1.165) is 5.69 Å². The van der Waals surface area contributed by atoms with E-state index in [4.69, 9.17) is 8.42 Å². The van der Waals surface area contributed by atoms with Gasteiger partial charge in [-0.25, -0.2) is 22.6 Å². The average molecular weight is 387 g/mol. The first-order valence-corrected chi connectivity index (χ1v) is 9.80. The van der Waals surface area contributed by atoms with Crippen LogP contribution in [0.5, 0.6) is 0 Å². The first-order chi connectivity index (χ1) is 12.8. The number of thiol groups is 1. The molecule has 0 saturated heterocycles. The highest BCUT2D eigenvalue weighted by molar-refractivity contribution is 7.69. The molecule has 0 amide bonds. The molecule has 27 heavy (non-hydrogen) atoms. The van der Waals surface area contributed by atoms with Gasteiger partial charge in [-0.3, -0.25) is 0 Å². The van der Waals surface area contributed by atoms with E-state index < -0.39 is 10.9 Å². The van der Waals surface area contributed by atoms with Gasteiger partial charge in [0.25, 0.3) is 0 Å². The minimum atomic E-state index is -2.62. The van der Waals surface area contributed by atoms with Crippen molar-refractivity contribution in [2.45, 2.75) is 25.7 Å². The van der Waals surface area contributed by atoms with Crippen LogP contribution in [0.3, 0.4) is 0 Å². The molecular formula is C20H22FN3O2S. The molecule has 1 aliphatic rings. The van der Waals surface area contributed by atoms with Crippen LogP contribution in [-0.2, 0) is 10.9 Å². The highest BCUT2D eigenvalue weighted by Gasteiger charge is 2.59. The minimum Gasteiger partial charge on any atom is -0.241 e. The van der Waals surface area contributed by atoms with E-state index in [0.29, 0.717) is 11.8 Å². The first-order valence-electron chi connectivity index (χ1n) is 8.55. The highest BCUT2D eigenvalue weighted by Crippen LogP contribution is 2.69. The molecule has 1 heterocycles. The zero-order valence-electron chi connectivity index (χ0n) is 15.1. The summed E-state index contributed by atoms with van der Waals surface area (Å²) in [5.41, 5.74) is 3.57. The topological polar surface area (TPSA) is 78.0 Å². The smallest absolute Gasteiger partial charge is 0.198 e. The molecule has 0 aliphatic heterocycles. The number of halogens is 1. The van der Waals surface area contributed by atoms with Crippen molar-refractivity contribution in [3.05, 3.63) is 83.9 Å². The molecule has 1 fully saturated rings. The summed E-state index contributed by atoms with van der Waals surface area (Å²) < 4.78 is 32.8. The summed E-state index contributed by atoms with van der Waals surface area (Å²) in [6.45, 7) is 4.60. The van der Waals surface area contributed by atoms with Crippen molar-refractivity contribution < 1.29 is 12.8 Å². The lowest BCUT2D eigenvalue weighted by atomic mass is 10.0. The van der Waals surface area contributed by atoms with Gasteiger partial charge in [-0.1, -0.05) is 50.2 Å². The van der Waals surface area contributed by atoms with Crippen LogP contribution in [0.4, 0.5) is 4.39 Å². The first kappa shape index (κ1) is 19.3. The Labute approximate surface area is 159 Å². The maximum atomic E-state index is 13.4. The number of aromatic nitrogens is 2. The zero-order chi connectivity index (χ0) is 19.6. The lowest BCUT2D eigenvalue weighted by Crippen LogP contribution is -1.94. The number of nitrogens with two attached hydrogens (primary N) is 1. The van der Waals surface area contributed by atoms with Crippen molar-refractivity contribution in [3.63, 3.8) is 0 Å². The predicted octanol–water partition coefficient (Wildman–Crippen LogP) is 3.39. The molecule has 7 heteroatoms. The lowest BCUT2D eigenvalue weighted by molar-refractivity contribution is 0.601. The van der Waals surface area contributed by atoms with E-state index in [1.54, 1.807) is 10.7 Å². The van der Waals surface area contributed by atoms with E-state index in [1.807, 2.05) is 18.5 Å². The van der Waals surface area contributed by atoms with Gasteiger partial charge < -0.3 is 0 Å². The van der Waals surface area contributed by atoms with Gasteiger partial charge in [-0.05, 0) is 40.7 Å². The number of nitrogens with zero attached hydrogens (tertiary/aromatic N) is 2. The van der Waals surface area contributed by atoms with E-state index in [-0.39, 0.29) is 11.2 Å². The Hall–Kier alpha value is -2.51. The SMILES string of the molecule is CC1(C)[C@H](c2ccccc2)[C@H]1c1cnn(-c2cccc(F)c2)c1.N[SH](=O)=O. The van der Waals surface area contributed by atoms with Crippen LogP contribution < -0.4 is 5.14 Å². The fourth-order valence-corrected chi connectivity index (χ4v) is 3.80. The van der Waals surface area contributed by atoms with Gasteiger partial charge in [0.1, 0.15) is 5.82 Å². The third-order valence-electron chi connectivity index (χ3n) is 5.02. The maximum Gasteiger partial charge on any atom is 0.198 e. The van der Waals surface area contributed by atoms with Crippen molar-refractivity contribution in [2.24, 2.45) is 10.6 Å². The Morgan fingerprint density at radius 2 is 1.67 bits per heavy atom. The Morgan fingerprint density at radius 1 is 1.04 bits per heavy atom. The molecule has 5 nitrogen and oxygen atoms in total. The van der Waals surface area contributed by atoms with Gasteiger partial charge >= 0.3 is 0 Å². The molecule has 2 atom stereocenters. The Balaban J connectivity index is 0.000000481. The maximum absolute atomic E-state index is 13.4. The summed E-state index contributed by atoms with van der Waals surface area (Å²) in [5, 5.41) is 8.50. The average Bonchev–Trinajstić information content (AvgIpc) is 2.95. The van der Waals surface area contributed by atoms with Crippen LogP contribution >= 0.6 is 0 Å². The minimum absolute atomic E-state index is 0.219. The molecule has 0 bridgehead atoms. The van der Waals surface area contributed by atoms with Crippen LogP contribution in [0.15, 0.2) is 67.0 Å². The van der Waals surface area contributed by atoms with E-state index >= 15 is 0 Å². The monoisotopic (exact) mass is 387 g/mol. The van der Waals surface area contributed by atoms with Crippen molar-refractivity contribution in [3.8, 4) is 5.69 Å². The normalized spacial score (nSPS) is 20.0. The molecule has 2 aromatic carbocycles. The van der Waals surface area contributed by atoms with Crippen molar-refractivity contribution in [1.82, 2.24) is 9.78 Å². The molecular weight excluding hydrogens is 365 g/mol. The van der Waals surface area contributed by atoms with Gasteiger partial charge in [0.2, 0.25) is 0 Å². The van der Waals surface area contributed by atoms with Gasteiger partial charge in [0, 0.05) is 12.1 Å². The fourth-order valence-electron chi connectivity index (χ4n) is 3.80. The molecule has 0 unspecified atom stereocenters. The second-order valence-corrected chi connectivity index (χ2v) is 7.74. The van der Waals surface area contributed by atoms with E-state index in [9.17, 15) is 4.39 Å². The summed E-state index contributed by atoms with van der Waals surface area (Å²) in [5.74, 6) is 0.717.